The van der Waals surface area contributed by atoms with Crippen molar-refractivity contribution in [2.45, 2.75) is 11.3 Å². The Morgan fingerprint density at radius 3 is 2.40 bits per heavy atom. The fourth-order valence-corrected chi connectivity index (χ4v) is 3.26. The quantitative estimate of drug-likeness (QED) is 0.863. The summed E-state index contributed by atoms with van der Waals surface area (Å²) in [4.78, 5) is -0.936. The molecule has 0 unspecified atom stereocenters. The van der Waals surface area contributed by atoms with Gasteiger partial charge in [-0.05, 0) is 18.2 Å². The second kappa shape index (κ2) is 5.20. The Bertz CT molecular complexity index is 718. The number of hydrogen-bond donors (Lipinski definition) is 1. The van der Waals surface area contributed by atoms with Crippen LogP contribution in [0.25, 0.3) is 0 Å². The van der Waals surface area contributed by atoms with Gasteiger partial charge in [0, 0.05) is 31.0 Å². The smallest absolute Gasteiger partial charge is 0.184 e. The predicted octanol–water partition coefficient (Wildman–Crippen LogP) is 1.30. The molecule has 1 heterocycles. The molecule has 0 aliphatic heterocycles. The van der Waals surface area contributed by atoms with E-state index >= 15 is 0 Å². The average Bonchev–Trinajstić information content (AvgIpc) is 2.70. The SMILES string of the molecule is Cn1nccc1CCS(=O)(=O)c1c(F)cc(N)cc1F. The van der Waals surface area contributed by atoms with Gasteiger partial charge in [-0.3, -0.25) is 4.68 Å². The zero-order valence-corrected chi connectivity index (χ0v) is 11.5. The first-order chi connectivity index (χ1) is 9.31. The van der Waals surface area contributed by atoms with Crippen LogP contribution in [-0.4, -0.2) is 24.0 Å². The van der Waals surface area contributed by atoms with Gasteiger partial charge in [0.2, 0.25) is 0 Å². The Kier molecular flexibility index (Phi) is 3.76. The summed E-state index contributed by atoms with van der Waals surface area (Å²) in [6, 6.07) is 3.23. The van der Waals surface area contributed by atoms with Crippen LogP contribution in [0.3, 0.4) is 0 Å². The molecule has 1 aromatic carbocycles. The molecule has 1 aromatic heterocycles. The number of nitrogen functional groups attached to an aromatic ring is 1. The zero-order chi connectivity index (χ0) is 14.9. The van der Waals surface area contributed by atoms with Crippen LogP contribution in [0.1, 0.15) is 5.69 Å². The van der Waals surface area contributed by atoms with Crippen molar-refractivity contribution in [2.24, 2.45) is 7.05 Å². The van der Waals surface area contributed by atoms with Crippen molar-refractivity contribution in [1.82, 2.24) is 9.78 Å². The van der Waals surface area contributed by atoms with Gasteiger partial charge >= 0.3 is 0 Å². The Balaban J connectivity index is 2.30. The van der Waals surface area contributed by atoms with E-state index < -0.39 is 32.1 Å². The van der Waals surface area contributed by atoms with Gasteiger partial charge in [0.1, 0.15) is 16.5 Å². The molecular weight excluding hydrogens is 288 g/mol. The number of aryl methyl sites for hydroxylation is 2. The molecule has 20 heavy (non-hydrogen) atoms. The number of nitrogens with two attached hydrogens (primary N) is 1. The Morgan fingerprint density at radius 1 is 1.30 bits per heavy atom. The molecule has 0 radical (unpaired) electrons. The molecular formula is C12H13F2N3O2S. The van der Waals surface area contributed by atoms with Crippen LogP contribution in [0.15, 0.2) is 29.3 Å². The molecule has 2 N–H and O–H groups in total. The normalized spacial score (nSPS) is 11.8. The topological polar surface area (TPSA) is 78.0 Å². The highest BCUT2D eigenvalue weighted by atomic mass is 32.2. The van der Waals surface area contributed by atoms with Crippen molar-refractivity contribution in [2.75, 3.05) is 11.5 Å². The lowest BCUT2D eigenvalue weighted by Crippen LogP contribution is -2.15. The minimum atomic E-state index is -4.08. The molecule has 0 saturated heterocycles. The number of sulfone groups is 1. The molecule has 0 atom stereocenters. The second-order valence-electron chi connectivity index (χ2n) is 4.33. The molecule has 0 fully saturated rings. The van der Waals surface area contributed by atoms with Gasteiger partial charge in [0.15, 0.2) is 9.84 Å². The summed E-state index contributed by atoms with van der Waals surface area (Å²) in [7, 11) is -2.42. The van der Waals surface area contributed by atoms with Crippen molar-refractivity contribution < 1.29 is 17.2 Å². The first kappa shape index (κ1) is 14.4. The van der Waals surface area contributed by atoms with E-state index in [9.17, 15) is 17.2 Å². The van der Waals surface area contributed by atoms with Crippen LogP contribution in [0, 0.1) is 11.6 Å². The van der Waals surface area contributed by atoms with E-state index in [1.165, 1.54) is 10.9 Å². The maximum absolute atomic E-state index is 13.6. The van der Waals surface area contributed by atoms with E-state index in [0.29, 0.717) is 5.69 Å². The van der Waals surface area contributed by atoms with Crippen molar-refractivity contribution in [3.05, 3.63) is 41.7 Å². The Morgan fingerprint density at radius 2 is 1.90 bits per heavy atom. The molecule has 0 spiro atoms. The molecule has 0 bridgehead atoms. The Hall–Kier alpha value is -1.96. The Labute approximate surface area is 114 Å². The molecule has 0 aliphatic rings. The number of rotatable bonds is 4. The van der Waals surface area contributed by atoms with Gasteiger partial charge in [-0.1, -0.05) is 0 Å². The van der Waals surface area contributed by atoms with Crippen LogP contribution in [0.4, 0.5) is 14.5 Å². The van der Waals surface area contributed by atoms with E-state index in [1.54, 1.807) is 13.1 Å². The van der Waals surface area contributed by atoms with Crippen LogP contribution in [-0.2, 0) is 23.3 Å². The fourth-order valence-electron chi connectivity index (χ4n) is 1.86. The molecule has 0 aliphatic carbocycles. The lowest BCUT2D eigenvalue weighted by Gasteiger charge is -2.08. The summed E-state index contributed by atoms with van der Waals surface area (Å²) in [5.41, 5.74) is 5.75. The van der Waals surface area contributed by atoms with Crippen molar-refractivity contribution in [3.63, 3.8) is 0 Å². The highest BCUT2D eigenvalue weighted by molar-refractivity contribution is 7.91. The molecule has 2 rings (SSSR count). The standard InChI is InChI=1S/C12H13F2N3O2S/c1-17-9(2-4-16-17)3-5-20(18,19)12-10(13)6-8(15)7-11(12)14/h2,4,6-7H,3,5,15H2,1H3. The first-order valence-electron chi connectivity index (χ1n) is 5.75. The fraction of sp³-hybridized carbons (Fsp3) is 0.250. The molecule has 0 saturated carbocycles. The van der Waals surface area contributed by atoms with Crippen molar-refractivity contribution in [1.29, 1.82) is 0 Å². The summed E-state index contributed by atoms with van der Waals surface area (Å²) in [5, 5.41) is 3.89. The van der Waals surface area contributed by atoms with Crippen molar-refractivity contribution >= 4 is 15.5 Å². The third-order valence-corrected chi connectivity index (χ3v) is 4.63. The lowest BCUT2D eigenvalue weighted by molar-refractivity contribution is 0.519. The van der Waals surface area contributed by atoms with Gasteiger partial charge in [-0.2, -0.15) is 5.10 Å². The predicted molar refractivity (Wildman–Crippen MR) is 69.7 cm³/mol. The van der Waals surface area contributed by atoms with E-state index in [-0.39, 0.29) is 12.1 Å². The monoisotopic (exact) mass is 301 g/mol. The summed E-state index contributed by atoms with van der Waals surface area (Å²) in [6.07, 6.45) is 1.63. The minimum Gasteiger partial charge on any atom is -0.399 e. The number of aromatic nitrogens is 2. The van der Waals surface area contributed by atoms with Gasteiger partial charge in [-0.25, -0.2) is 17.2 Å². The van der Waals surface area contributed by atoms with Gasteiger partial charge < -0.3 is 5.73 Å². The second-order valence-corrected chi connectivity index (χ2v) is 6.37. The van der Waals surface area contributed by atoms with Gasteiger partial charge in [0.05, 0.1) is 5.75 Å². The number of anilines is 1. The first-order valence-corrected chi connectivity index (χ1v) is 7.40. The number of nitrogens with zero attached hydrogens (tertiary/aromatic N) is 2. The van der Waals surface area contributed by atoms with Crippen LogP contribution >= 0.6 is 0 Å². The van der Waals surface area contributed by atoms with Gasteiger partial charge in [-0.15, -0.1) is 0 Å². The molecule has 2 aromatic rings. The summed E-state index contributed by atoms with van der Waals surface area (Å²) >= 11 is 0. The summed E-state index contributed by atoms with van der Waals surface area (Å²) < 4.78 is 52.9. The third-order valence-electron chi connectivity index (χ3n) is 2.88. The van der Waals surface area contributed by atoms with E-state index in [4.69, 9.17) is 5.73 Å². The summed E-state index contributed by atoms with van der Waals surface area (Å²) in [6.45, 7) is 0. The molecule has 8 heteroatoms. The lowest BCUT2D eigenvalue weighted by atomic mass is 10.3. The largest absolute Gasteiger partial charge is 0.399 e. The third kappa shape index (κ3) is 2.79. The van der Waals surface area contributed by atoms with Crippen LogP contribution in [0.5, 0.6) is 0 Å². The number of hydrogen-bond acceptors (Lipinski definition) is 4. The van der Waals surface area contributed by atoms with E-state index in [2.05, 4.69) is 5.10 Å². The highest BCUT2D eigenvalue weighted by Gasteiger charge is 2.24. The molecule has 0 amide bonds. The minimum absolute atomic E-state index is 0.113. The maximum atomic E-state index is 13.6. The van der Waals surface area contributed by atoms with Crippen molar-refractivity contribution in [3.8, 4) is 0 Å². The van der Waals surface area contributed by atoms with Crippen LogP contribution in [0.2, 0.25) is 0 Å². The average molecular weight is 301 g/mol. The van der Waals surface area contributed by atoms with E-state index in [1.807, 2.05) is 0 Å². The number of benzene rings is 1. The van der Waals surface area contributed by atoms with Crippen LogP contribution < -0.4 is 5.73 Å². The van der Waals surface area contributed by atoms with E-state index in [0.717, 1.165) is 12.1 Å². The summed E-state index contributed by atoms with van der Waals surface area (Å²) in [5.74, 6) is -2.76. The molecule has 5 nitrogen and oxygen atoms in total. The molecule has 108 valence electrons. The number of halogens is 2. The highest BCUT2D eigenvalue weighted by Crippen LogP contribution is 2.23. The maximum Gasteiger partial charge on any atom is 0.184 e. The zero-order valence-electron chi connectivity index (χ0n) is 10.7. The van der Waals surface area contributed by atoms with Gasteiger partial charge in [0.25, 0.3) is 0 Å².